The SMILES string of the molecule is CC(C)[C@@H]1NC(=O)[C@@H](NC(=O)C2CC2)Cc2ccc3c(c2)[C@]24c5cccc(c5NC2O3)-c2cccc3[nH]cc(c23)-c2cnc(o2)-c2nc1oc24. The van der Waals surface area contributed by atoms with Crippen LogP contribution in [0.3, 0.4) is 0 Å². The molecule has 11 heteroatoms. The van der Waals surface area contributed by atoms with E-state index in [2.05, 4.69) is 63.4 Å². The number of hydrogen-bond donors (Lipinski definition) is 4. The third kappa shape index (κ3) is 3.64. The first kappa shape index (κ1) is 28.0. The third-order valence-electron chi connectivity index (χ3n) is 11.1. The topological polar surface area (TPSA) is 147 Å². The van der Waals surface area contributed by atoms with Gasteiger partial charge in [0, 0.05) is 57.4 Å². The summed E-state index contributed by atoms with van der Waals surface area (Å²) in [5, 5.41) is 11.1. The minimum absolute atomic E-state index is 0.0457. The number of rotatable bonds is 3. The van der Waals surface area contributed by atoms with Crippen LogP contribution in [0.1, 0.15) is 61.1 Å². The molecule has 2 amide bonds. The van der Waals surface area contributed by atoms with Crippen molar-refractivity contribution in [3.05, 3.63) is 95.3 Å². The van der Waals surface area contributed by atoms with Crippen LogP contribution in [0.25, 0.3) is 44.9 Å². The number of benzene rings is 3. The molecule has 4 N–H and O–H groups in total. The molecule has 11 rings (SSSR count). The molecule has 50 heavy (non-hydrogen) atoms. The Kier molecular flexibility index (Phi) is 5.41. The Morgan fingerprint density at radius 3 is 2.72 bits per heavy atom. The van der Waals surface area contributed by atoms with E-state index in [1.807, 2.05) is 32.2 Å². The molecule has 11 nitrogen and oxygen atoms in total. The van der Waals surface area contributed by atoms with Gasteiger partial charge in [0.25, 0.3) is 0 Å². The van der Waals surface area contributed by atoms with E-state index in [4.69, 9.17) is 23.5 Å². The highest BCUT2D eigenvalue weighted by atomic mass is 16.5. The van der Waals surface area contributed by atoms with Gasteiger partial charge in [-0.05, 0) is 42.0 Å². The second-order valence-electron chi connectivity index (χ2n) is 14.5. The lowest BCUT2D eigenvalue weighted by atomic mass is 9.72. The van der Waals surface area contributed by atoms with Gasteiger partial charge < -0.3 is 34.5 Å². The number of para-hydroxylation sites is 1. The fourth-order valence-corrected chi connectivity index (χ4v) is 8.49. The van der Waals surface area contributed by atoms with E-state index < -0.39 is 23.7 Å². The zero-order valence-electron chi connectivity index (χ0n) is 27.3. The molecule has 5 aliphatic rings. The van der Waals surface area contributed by atoms with Gasteiger partial charge in [-0.3, -0.25) is 9.59 Å². The van der Waals surface area contributed by atoms with Crippen LogP contribution in [-0.2, 0) is 21.4 Å². The van der Waals surface area contributed by atoms with E-state index in [9.17, 15) is 9.59 Å². The molecule has 7 heterocycles. The van der Waals surface area contributed by atoms with Gasteiger partial charge >= 0.3 is 0 Å². The largest absolute Gasteiger partial charge is 0.469 e. The van der Waals surface area contributed by atoms with Crippen molar-refractivity contribution in [3.8, 4) is 39.8 Å². The molecule has 3 aromatic carbocycles. The third-order valence-corrected chi connectivity index (χ3v) is 11.1. The predicted molar refractivity (Wildman–Crippen MR) is 183 cm³/mol. The molecule has 0 radical (unpaired) electrons. The molecule has 0 saturated heterocycles. The number of fused-ring (bicyclic) bond motifs is 7. The first-order valence-electron chi connectivity index (χ1n) is 17.3. The Morgan fingerprint density at radius 1 is 1.00 bits per heavy atom. The van der Waals surface area contributed by atoms with Crippen LogP contribution in [0.2, 0.25) is 0 Å². The van der Waals surface area contributed by atoms with Crippen molar-refractivity contribution in [2.45, 2.75) is 56.8 Å². The number of oxazole rings is 2. The number of nitrogens with one attached hydrogen (secondary N) is 4. The van der Waals surface area contributed by atoms with E-state index in [1.54, 1.807) is 6.20 Å². The number of hydrogen-bond acceptors (Lipinski definition) is 8. The summed E-state index contributed by atoms with van der Waals surface area (Å²) in [7, 11) is 0. The summed E-state index contributed by atoms with van der Waals surface area (Å²) < 4.78 is 20.4. The Bertz CT molecular complexity index is 2450. The summed E-state index contributed by atoms with van der Waals surface area (Å²) in [4.78, 5) is 40.5. The number of H-pyrrole nitrogens is 1. The van der Waals surface area contributed by atoms with Crippen molar-refractivity contribution >= 4 is 28.4 Å². The van der Waals surface area contributed by atoms with Gasteiger partial charge in [0.1, 0.15) is 23.2 Å². The summed E-state index contributed by atoms with van der Waals surface area (Å²) >= 11 is 0. The lowest BCUT2D eigenvalue weighted by Crippen LogP contribution is -2.50. The molecular formula is C39H32N6O5. The Labute approximate surface area is 285 Å². The first-order chi connectivity index (χ1) is 24.4. The molecule has 248 valence electrons. The average molecular weight is 665 g/mol. The van der Waals surface area contributed by atoms with E-state index in [-0.39, 0.29) is 23.7 Å². The normalized spacial score (nSPS) is 23.7. The van der Waals surface area contributed by atoms with Gasteiger partial charge in [-0.2, -0.15) is 0 Å². The van der Waals surface area contributed by atoms with Crippen LogP contribution in [0, 0.1) is 11.8 Å². The Morgan fingerprint density at radius 2 is 1.86 bits per heavy atom. The summed E-state index contributed by atoms with van der Waals surface area (Å²) in [6, 6.07) is 17.2. The molecule has 10 bridgehead atoms. The number of amides is 2. The number of anilines is 1. The molecule has 4 atom stereocenters. The van der Waals surface area contributed by atoms with Gasteiger partial charge in [0.05, 0.1) is 6.20 Å². The van der Waals surface area contributed by atoms with Crippen molar-refractivity contribution in [2.24, 2.45) is 11.8 Å². The fourth-order valence-electron chi connectivity index (χ4n) is 8.49. The molecule has 4 aliphatic heterocycles. The van der Waals surface area contributed by atoms with Crippen molar-refractivity contribution in [1.82, 2.24) is 25.6 Å². The zero-order chi connectivity index (χ0) is 33.5. The average Bonchev–Trinajstić information content (AvgIpc) is 3.46. The standard InChI is InChI=1S/C39H32N6O5/c1-17(2)30-37-44-32-33(50-37)39-23-7-3-6-21(20-5-4-8-25-29(20)22(15-40-25)28-16-41-36(32)48-28)31(23)45-38(39)49-27-12-9-18(13-24(27)39)14-26(35(47)43-30)42-34(46)19-10-11-19/h3-9,12-13,15-17,19,26,30,38,40,45H,10-11,14H2,1-2H3,(H,42,46)(H,43,47)/t26-,30-,38?,39-/m0/s1. The minimum atomic E-state index is -1.00. The molecule has 1 saturated carbocycles. The van der Waals surface area contributed by atoms with Crippen LogP contribution < -0.4 is 20.7 Å². The number of aromatic amines is 1. The Balaban J connectivity index is 1.24. The van der Waals surface area contributed by atoms with Gasteiger partial charge in [-0.15, -0.1) is 0 Å². The summed E-state index contributed by atoms with van der Waals surface area (Å²) in [6.07, 6.45) is 5.08. The lowest BCUT2D eigenvalue weighted by molar-refractivity contribution is -0.130. The van der Waals surface area contributed by atoms with Crippen molar-refractivity contribution in [3.63, 3.8) is 0 Å². The highest BCUT2D eigenvalue weighted by Gasteiger charge is 2.61. The monoisotopic (exact) mass is 664 g/mol. The molecule has 3 aromatic heterocycles. The number of carbonyl (C=O) groups is 2. The Hall–Kier alpha value is -5.84. The number of ether oxygens (including phenoxy) is 1. The van der Waals surface area contributed by atoms with Crippen LogP contribution >= 0.6 is 0 Å². The maximum absolute atomic E-state index is 14.1. The van der Waals surface area contributed by atoms with E-state index in [1.165, 1.54) is 0 Å². The van der Waals surface area contributed by atoms with Crippen LogP contribution in [0.4, 0.5) is 5.69 Å². The molecular weight excluding hydrogens is 632 g/mol. The van der Waals surface area contributed by atoms with Gasteiger partial charge in [-0.1, -0.05) is 56.3 Å². The van der Waals surface area contributed by atoms with E-state index in [0.717, 1.165) is 62.8 Å². The molecule has 1 spiro atoms. The minimum Gasteiger partial charge on any atom is -0.469 e. The second-order valence-corrected chi connectivity index (χ2v) is 14.5. The fraction of sp³-hybridized carbons (Fsp3) is 0.282. The number of carbonyl (C=O) groups excluding carboxylic acids is 2. The van der Waals surface area contributed by atoms with Crippen LogP contribution in [0.5, 0.6) is 5.75 Å². The van der Waals surface area contributed by atoms with Gasteiger partial charge in [0.15, 0.2) is 23.4 Å². The molecule has 1 fully saturated rings. The quantitative estimate of drug-likeness (QED) is 0.175. The molecule has 6 aromatic rings. The van der Waals surface area contributed by atoms with Crippen molar-refractivity contribution < 1.29 is 23.2 Å². The molecule has 1 aliphatic carbocycles. The zero-order valence-corrected chi connectivity index (χ0v) is 27.3. The number of nitrogens with zero attached hydrogens (tertiary/aromatic N) is 2. The highest BCUT2D eigenvalue weighted by Crippen LogP contribution is 2.61. The first-order valence-corrected chi connectivity index (χ1v) is 17.3. The second kappa shape index (κ2) is 9.65. The van der Waals surface area contributed by atoms with Crippen LogP contribution in [-0.4, -0.2) is 39.0 Å². The summed E-state index contributed by atoms with van der Waals surface area (Å²) in [5.74, 6) is 1.92. The maximum Gasteiger partial charge on any atom is 0.249 e. The lowest BCUT2D eigenvalue weighted by Gasteiger charge is -2.28. The summed E-state index contributed by atoms with van der Waals surface area (Å²) in [5.41, 5.74) is 7.04. The smallest absolute Gasteiger partial charge is 0.249 e. The van der Waals surface area contributed by atoms with Crippen LogP contribution in [0.15, 0.2) is 75.8 Å². The number of aromatic nitrogens is 3. The summed E-state index contributed by atoms with van der Waals surface area (Å²) in [6.45, 7) is 4.02. The van der Waals surface area contributed by atoms with Crippen molar-refractivity contribution in [2.75, 3.05) is 5.32 Å². The maximum atomic E-state index is 14.1. The predicted octanol–water partition coefficient (Wildman–Crippen LogP) is 6.20. The molecule has 1 unspecified atom stereocenters. The van der Waals surface area contributed by atoms with E-state index >= 15 is 0 Å². The highest BCUT2D eigenvalue weighted by molar-refractivity contribution is 6.07. The van der Waals surface area contributed by atoms with Gasteiger partial charge in [0.2, 0.25) is 23.6 Å². The van der Waals surface area contributed by atoms with Gasteiger partial charge in [-0.25, -0.2) is 9.97 Å². The van der Waals surface area contributed by atoms with Crippen molar-refractivity contribution in [1.29, 1.82) is 0 Å². The van der Waals surface area contributed by atoms with E-state index in [0.29, 0.717) is 41.2 Å².